The molecule has 2 atom stereocenters. The highest BCUT2D eigenvalue weighted by Crippen LogP contribution is 2.32. The van der Waals surface area contributed by atoms with Crippen LogP contribution in [0, 0.1) is 0 Å². The number of hydrogen-bond donors (Lipinski definition) is 5. The minimum absolute atomic E-state index is 0.114. The van der Waals surface area contributed by atoms with Crippen LogP contribution in [-0.4, -0.2) is 62.8 Å². The van der Waals surface area contributed by atoms with Gasteiger partial charge in [-0.05, 0) is 55.0 Å². The fourth-order valence-electron chi connectivity index (χ4n) is 5.51. The number of H-pyrrole nitrogens is 1. The molecule has 0 aliphatic carbocycles. The van der Waals surface area contributed by atoms with Gasteiger partial charge in [0, 0.05) is 42.1 Å². The zero-order valence-electron chi connectivity index (χ0n) is 24.6. The van der Waals surface area contributed by atoms with Crippen LogP contribution >= 0.6 is 0 Å². The molecule has 5 rings (SSSR count). The maximum Gasteiger partial charge on any atom is 0.249 e. The van der Waals surface area contributed by atoms with Crippen molar-refractivity contribution in [1.82, 2.24) is 20.6 Å². The van der Waals surface area contributed by atoms with Crippen LogP contribution in [0.25, 0.3) is 22.5 Å². The first-order valence-electron chi connectivity index (χ1n) is 14.6. The molecule has 0 saturated heterocycles. The summed E-state index contributed by atoms with van der Waals surface area (Å²) >= 11 is 0. The number of β-amino-alcohol motifs (C(OH)–C–C–N with tert-alkyl or cyclic N) is 1. The van der Waals surface area contributed by atoms with Gasteiger partial charge in [-0.1, -0.05) is 66.7 Å². The third-order valence-electron chi connectivity index (χ3n) is 7.80. The van der Waals surface area contributed by atoms with Gasteiger partial charge >= 0.3 is 0 Å². The van der Waals surface area contributed by atoms with Crippen molar-refractivity contribution in [3.8, 4) is 22.5 Å². The molecule has 2 heterocycles. The van der Waals surface area contributed by atoms with E-state index in [1.54, 1.807) is 11.1 Å². The molecule has 9 heteroatoms. The highest BCUT2D eigenvalue weighted by atomic mass is 16.3. The molecule has 4 aromatic rings. The van der Waals surface area contributed by atoms with E-state index in [-0.39, 0.29) is 31.4 Å². The summed E-state index contributed by atoms with van der Waals surface area (Å²) in [6, 6.07) is 23.5. The Labute approximate surface area is 252 Å². The van der Waals surface area contributed by atoms with Gasteiger partial charge in [0.1, 0.15) is 11.9 Å². The zero-order chi connectivity index (χ0) is 30.4. The summed E-state index contributed by atoms with van der Waals surface area (Å²) in [4.78, 5) is 36.4. The molecule has 0 bridgehead atoms. The Kier molecular flexibility index (Phi) is 9.35. The molecular weight excluding hydrogens is 542 g/mol. The number of benzene rings is 3. The lowest BCUT2D eigenvalue weighted by atomic mass is 9.98. The van der Waals surface area contributed by atoms with E-state index in [4.69, 9.17) is 5.11 Å². The molecule has 5 N–H and O–H groups in total. The number of carbonyl (C=O) groups is 2. The first kappa shape index (κ1) is 30.2. The minimum atomic E-state index is -0.905. The molecule has 1 aliphatic rings. The Morgan fingerprint density at radius 3 is 2.51 bits per heavy atom. The third-order valence-corrected chi connectivity index (χ3v) is 7.80. The Morgan fingerprint density at radius 2 is 1.79 bits per heavy atom. The van der Waals surface area contributed by atoms with E-state index < -0.39 is 17.7 Å². The molecule has 0 saturated carbocycles. The number of anilines is 1. The van der Waals surface area contributed by atoms with E-state index in [0.717, 1.165) is 39.3 Å². The van der Waals surface area contributed by atoms with Crippen LogP contribution in [0.2, 0.25) is 0 Å². The second-order valence-corrected chi connectivity index (χ2v) is 11.7. The first-order chi connectivity index (χ1) is 20.7. The molecule has 3 aromatic carbocycles. The predicted octanol–water partition coefficient (Wildman–Crippen LogP) is 3.82. The molecule has 0 spiro atoms. The van der Waals surface area contributed by atoms with E-state index in [9.17, 15) is 14.7 Å². The number of fused-ring (bicyclic) bond motifs is 1. The van der Waals surface area contributed by atoms with Crippen molar-refractivity contribution in [2.75, 3.05) is 18.1 Å². The number of aliphatic hydroxyl groups excluding tert-OH is 2. The highest BCUT2D eigenvalue weighted by molar-refractivity contribution is 6.00. The Bertz CT molecular complexity index is 1530. The molecule has 0 unspecified atom stereocenters. The fourth-order valence-corrected chi connectivity index (χ4v) is 5.51. The number of imidazole rings is 1. The van der Waals surface area contributed by atoms with Crippen LogP contribution in [-0.2, 0) is 22.6 Å². The summed E-state index contributed by atoms with van der Waals surface area (Å²) in [5.41, 5.74) is 5.39. The third kappa shape index (κ3) is 7.37. The molecular formula is C34H39N5O4. The summed E-state index contributed by atoms with van der Waals surface area (Å²) in [5, 5.41) is 24.9. The summed E-state index contributed by atoms with van der Waals surface area (Å²) in [7, 11) is 0. The molecule has 0 fully saturated rings. The van der Waals surface area contributed by atoms with Gasteiger partial charge in [-0.25, -0.2) is 4.98 Å². The number of aryl methyl sites for hydroxylation is 1. The van der Waals surface area contributed by atoms with E-state index >= 15 is 0 Å². The van der Waals surface area contributed by atoms with Crippen molar-refractivity contribution in [3.05, 3.63) is 96.3 Å². The number of rotatable bonds is 11. The number of hydrogen-bond acceptors (Lipinski definition) is 6. The lowest BCUT2D eigenvalue weighted by molar-refractivity contribution is -0.128. The van der Waals surface area contributed by atoms with Gasteiger partial charge in [0.2, 0.25) is 11.8 Å². The lowest BCUT2D eigenvalue weighted by Gasteiger charge is -2.29. The lowest BCUT2D eigenvalue weighted by Crippen LogP contribution is -2.51. The average Bonchev–Trinajstić information content (AvgIpc) is 3.52. The van der Waals surface area contributed by atoms with Crippen LogP contribution in [0.4, 0.5) is 5.69 Å². The molecule has 1 aromatic heterocycles. The van der Waals surface area contributed by atoms with Crippen LogP contribution in [0.15, 0.2) is 85.2 Å². The minimum Gasteiger partial charge on any atom is -0.394 e. The van der Waals surface area contributed by atoms with E-state index in [2.05, 4.69) is 38.8 Å². The summed E-state index contributed by atoms with van der Waals surface area (Å²) < 4.78 is 0. The number of aliphatic hydroxyl groups is 2. The molecule has 224 valence electrons. The molecule has 1 aliphatic heterocycles. The van der Waals surface area contributed by atoms with Crippen LogP contribution < -0.4 is 15.5 Å². The molecule has 43 heavy (non-hydrogen) atoms. The number of para-hydroxylation sites is 1. The maximum atomic E-state index is 14.0. The fraction of sp³-hybridized carbons (Fsp3) is 0.324. The number of aromatic nitrogens is 2. The van der Waals surface area contributed by atoms with Crippen molar-refractivity contribution < 1.29 is 19.8 Å². The average molecular weight is 582 g/mol. The molecule has 9 nitrogen and oxygen atoms in total. The van der Waals surface area contributed by atoms with Gasteiger partial charge in [0.05, 0.1) is 19.3 Å². The standard InChI is InChI=1S/C34H39N5O4/c1-34(2,37-20-26(41)22-40)19-31(42)38-29-16-15-25-7-3-6-10-30(25)39(33(29)43)21-23-11-13-24(14-12-23)27-8-4-5-9-28(27)32-35-17-18-36-32/h3-14,17-18,26,29,37,40-41H,15-16,19-22H2,1-2H3,(H,35,36)(H,38,42)/t26-,29+/m0/s1. The van der Waals surface area contributed by atoms with Crippen molar-refractivity contribution in [1.29, 1.82) is 0 Å². The summed E-state index contributed by atoms with van der Waals surface area (Å²) in [6.45, 7) is 3.88. The second kappa shape index (κ2) is 13.3. The SMILES string of the molecule is CC(C)(CC(=O)N[C@@H]1CCc2ccccc2N(Cc2ccc(-c3ccccc3-c3ncc[nH]3)cc2)C1=O)NC[C@H](O)CO. The van der Waals surface area contributed by atoms with Crippen LogP contribution in [0.3, 0.4) is 0 Å². The number of carbonyl (C=O) groups excluding carboxylic acids is 2. The van der Waals surface area contributed by atoms with Gasteiger partial charge in [-0.3, -0.25) is 9.59 Å². The predicted molar refractivity (Wildman–Crippen MR) is 167 cm³/mol. The van der Waals surface area contributed by atoms with Crippen molar-refractivity contribution in [2.45, 2.75) is 57.3 Å². The first-order valence-corrected chi connectivity index (χ1v) is 14.6. The van der Waals surface area contributed by atoms with Gasteiger partial charge in [-0.15, -0.1) is 0 Å². The van der Waals surface area contributed by atoms with E-state index in [1.807, 2.05) is 74.6 Å². The number of nitrogens with one attached hydrogen (secondary N) is 3. The molecule has 0 radical (unpaired) electrons. The zero-order valence-corrected chi connectivity index (χ0v) is 24.6. The number of amides is 2. The van der Waals surface area contributed by atoms with Crippen molar-refractivity contribution in [3.63, 3.8) is 0 Å². The number of nitrogens with zero attached hydrogens (tertiary/aromatic N) is 2. The van der Waals surface area contributed by atoms with Crippen LogP contribution in [0.1, 0.15) is 37.8 Å². The molecule has 2 amide bonds. The van der Waals surface area contributed by atoms with Crippen molar-refractivity contribution in [2.24, 2.45) is 0 Å². The van der Waals surface area contributed by atoms with Gasteiger partial charge in [0.25, 0.3) is 0 Å². The second-order valence-electron chi connectivity index (χ2n) is 11.7. The van der Waals surface area contributed by atoms with Gasteiger partial charge < -0.3 is 30.7 Å². The Hall–Kier alpha value is -4.31. The van der Waals surface area contributed by atoms with E-state index in [1.165, 1.54) is 0 Å². The smallest absolute Gasteiger partial charge is 0.249 e. The van der Waals surface area contributed by atoms with E-state index in [0.29, 0.717) is 19.4 Å². The summed E-state index contributed by atoms with van der Waals surface area (Å²) in [6.07, 6.45) is 3.92. The van der Waals surface area contributed by atoms with Gasteiger partial charge in [-0.2, -0.15) is 0 Å². The largest absolute Gasteiger partial charge is 0.394 e. The Balaban J connectivity index is 1.33. The monoisotopic (exact) mass is 581 g/mol. The Morgan fingerprint density at radius 1 is 1.07 bits per heavy atom. The topological polar surface area (TPSA) is 131 Å². The maximum absolute atomic E-state index is 14.0. The summed E-state index contributed by atoms with van der Waals surface area (Å²) in [5.74, 6) is 0.410. The normalized spacial score (nSPS) is 16.0. The number of aromatic amines is 1. The highest BCUT2D eigenvalue weighted by Gasteiger charge is 2.32. The van der Waals surface area contributed by atoms with Gasteiger partial charge in [0.15, 0.2) is 0 Å². The quantitative estimate of drug-likeness (QED) is 0.183. The van der Waals surface area contributed by atoms with Crippen molar-refractivity contribution >= 4 is 17.5 Å². The van der Waals surface area contributed by atoms with Crippen LogP contribution in [0.5, 0.6) is 0 Å².